The lowest BCUT2D eigenvalue weighted by Gasteiger charge is -2.01. The molecule has 74 valence electrons. The minimum Gasteiger partial charge on any atom is -0.298 e. The van der Waals surface area contributed by atoms with Crippen LogP contribution in [0.4, 0.5) is 4.39 Å². The zero-order valence-electron chi connectivity index (χ0n) is 7.98. The fourth-order valence-corrected chi connectivity index (χ4v) is 1.43. The average molecular weight is 200 g/mol. The van der Waals surface area contributed by atoms with Crippen molar-refractivity contribution in [3.05, 3.63) is 59.9 Å². The van der Waals surface area contributed by atoms with Crippen LogP contribution >= 0.6 is 0 Å². The van der Waals surface area contributed by atoms with Crippen molar-refractivity contribution in [1.29, 1.82) is 0 Å². The number of rotatable bonds is 2. The summed E-state index contributed by atoms with van der Waals surface area (Å²) in [6, 6.07) is 13.4. The first-order valence-electron chi connectivity index (χ1n) is 4.61. The zero-order chi connectivity index (χ0) is 10.7. The minimum atomic E-state index is -0.259. The normalized spacial score (nSPS) is 9.93. The number of halogens is 1. The maximum Gasteiger partial charge on any atom is 0.150 e. The van der Waals surface area contributed by atoms with Gasteiger partial charge in [0.2, 0.25) is 0 Å². The number of benzene rings is 2. The predicted molar refractivity (Wildman–Crippen MR) is 57.2 cm³/mol. The topological polar surface area (TPSA) is 17.1 Å². The van der Waals surface area contributed by atoms with E-state index in [1.54, 1.807) is 24.3 Å². The molecule has 15 heavy (non-hydrogen) atoms. The molecule has 0 amide bonds. The molecule has 0 atom stereocenters. The molecule has 2 aromatic rings. The first kappa shape index (κ1) is 9.59. The van der Waals surface area contributed by atoms with Crippen molar-refractivity contribution in [3.63, 3.8) is 0 Å². The van der Waals surface area contributed by atoms with Crippen LogP contribution in [0.25, 0.3) is 11.1 Å². The summed E-state index contributed by atoms with van der Waals surface area (Å²) in [6.07, 6.45) is 0.799. The number of carbonyl (C=O) groups is 1. The zero-order valence-corrected chi connectivity index (χ0v) is 7.98. The Morgan fingerprint density at radius 1 is 0.933 bits per heavy atom. The van der Waals surface area contributed by atoms with Crippen LogP contribution in [0.15, 0.2) is 48.5 Å². The van der Waals surface area contributed by atoms with Crippen LogP contribution in [0, 0.1) is 5.82 Å². The van der Waals surface area contributed by atoms with Crippen molar-refractivity contribution in [3.8, 4) is 11.1 Å². The second-order valence-corrected chi connectivity index (χ2v) is 3.25. The number of aldehydes is 1. The summed E-state index contributed by atoms with van der Waals surface area (Å²) in [5.74, 6) is -0.259. The van der Waals surface area contributed by atoms with Gasteiger partial charge in [-0.15, -0.1) is 0 Å². The molecule has 0 radical (unpaired) electrons. The molecule has 0 saturated carbocycles. The van der Waals surface area contributed by atoms with E-state index in [2.05, 4.69) is 0 Å². The van der Waals surface area contributed by atoms with Crippen LogP contribution in [-0.2, 0) is 0 Å². The summed E-state index contributed by atoms with van der Waals surface area (Å²) >= 11 is 0. The Kier molecular flexibility index (Phi) is 2.59. The van der Waals surface area contributed by atoms with Gasteiger partial charge in [0.05, 0.1) is 0 Å². The van der Waals surface area contributed by atoms with Crippen LogP contribution in [0.5, 0.6) is 0 Å². The Labute approximate surface area is 87.2 Å². The highest BCUT2D eigenvalue weighted by Crippen LogP contribution is 2.20. The summed E-state index contributed by atoms with van der Waals surface area (Å²) in [5.41, 5.74) is 2.44. The number of hydrogen-bond donors (Lipinski definition) is 0. The second kappa shape index (κ2) is 4.05. The van der Waals surface area contributed by atoms with Gasteiger partial charge >= 0.3 is 0 Å². The van der Waals surface area contributed by atoms with Gasteiger partial charge in [-0.05, 0) is 29.3 Å². The van der Waals surface area contributed by atoms with Crippen LogP contribution < -0.4 is 0 Å². The smallest absolute Gasteiger partial charge is 0.150 e. The molecule has 0 unspecified atom stereocenters. The Morgan fingerprint density at radius 2 is 1.67 bits per heavy atom. The van der Waals surface area contributed by atoms with E-state index in [-0.39, 0.29) is 5.82 Å². The largest absolute Gasteiger partial charge is 0.298 e. The van der Waals surface area contributed by atoms with Gasteiger partial charge in [0.25, 0.3) is 0 Å². The lowest BCUT2D eigenvalue weighted by molar-refractivity contribution is 0.112. The van der Waals surface area contributed by atoms with E-state index in [9.17, 15) is 9.18 Å². The summed E-state index contributed by atoms with van der Waals surface area (Å²) < 4.78 is 12.7. The lowest BCUT2D eigenvalue weighted by Crippen LogP contribution is -1.82. The predicted octanol–water partition coefficient (Wildman–Crippen LogP) is 3.31. The molecule has 1 nitrogen and oxygen atoms in total. The first-order valence-corrected chi connectivity index (χ1v) is 4.61. The van der Waals surface area contributed by atoms with Gasteiger partial charge in [-0.25, -0.2) is 4.39 Å². The summed E-state index contributed by atoms with van der Waals surface area (Å²) in [4.78, 5) is 10.6. The van der Waals surface area contributed by atoms with E-state index in [1.165, 1.54) is 12.1 Å². The molecule has 0 aliphatic carbocycles. The molecule has 0 fully saturated rings. The lowest BCUT2D eigenvalue weighted by atomic mass is 10.0. The van der Waals surface area contributed by atoms with Gasteiger partial charge in [-0.1, -0.05) is 30.3 Å². The molecular formula is C13H9FO. The molecule has 0 bridgehead atoms. The standard InChI is InChI=1S/C13H9FO/c14-13-6-4-11(5-7-13)12-3-1-2-10(8-12)9-15/h1-9H. The average Bonchev–Trinajstić information content (AvgIpc) is 2.30. The van der Waals surface area contributed by atoms with Crippen LogP contribution in [0.1, 0.15) is 10.4 Å². The Hall–Kier alpha value is -1.96. The van der Waals surface area contributed by atoms with E-state index in [0.29, 0.717) is 5.56 Å². The van der Waals surface area contributed by atoms with Crippen molar-refractivity contribution in [2.24, 2.45) is 0 Å². The third kappa shape index (κ3) is 2.10. The Balaban J connectivity index is 2.44. The van der Waals surface area contributed by atoms with Gasteiger partial charge in [0.15, 0.2) is 0 Å². The molecular weight excluding hydrogens is 191 g/mol. The molecule has 0 heterocycles. The van der Waals surface area contributed by atoms with E-state index in [4.69, 9.17) is 0 Å². The minimum absolute atomic E-state index is 0.259. The highest BCUT2D eigenvalue weighted by atomic mass is 19.1. The van der Waals surface area contributed by atoms with Crippen LogP contribution in [0.3, 0.4) is 0 Å². The van der Waals surface area contributed by atoms with Crippen LogP contribution in [-0.4, -0.2) is 6.29 Å². The summed E-state index contributed by atoms with van der Waals surface area (Å²) in [5, 5.41) is 0. The van der Waals surface area contributed by atoms with Gasteiger partial charge < -0.3 is 0 Å². The summed E-state index contributed by atoms with van der Waals surface area (Å²) in [6.45, 7) is 0. The third-order valence-electron chi connectivity index (χ3n) is 2.20. The molecule has 2 aromatic carbocycles. The highest BCUT2D eigenvalue weighted by molar-refractivity contribution is 5.78. The van der Waals surface area contributed by atoms with Crippen molar-refractivity contribution >= 4 is 6.29 Å². The molecule has 0 aliphatic rings. The Bertz CT molecular complexity index is 474. The maximum absolute atomic E-state index is 12.7. The summed E-state index contributed by atoms with van der Waals surface area (Å²) in [7, 11) is 0. The van der Waals surface area contributed by atoms with Gasteiger partial charge in [0, 0.05) is 5.56 Å². The fourth-order valence-electron chi connectivity index (χ4n) is 1.43. The second-order valence-electron chi connectivity index (χ2n) is 3.25. The van der Waals surface area contributed by atoms with Gasteiger partial charge in [-0.3, -0.25) is 4.79 Å². The van der Waals surface area contributed by atoms with E-state index in [0.717, 1.165) is 17.4 Å². The van der Waals surface area contributed by atoms with E-state index in [1.807, 2.05) is 12.1 Å². The number of carbonyl (C=O) groups excluding carboxylic acids is 1. The molecule has 0 aromatic heterocycles. The van der Waals surface area contributed by atoms with Gasteiger partial charge in [0.1, 0.15) is 12.1 Å². The Morgan fingerprint density at radius 3 is 2.33 bits per heavy atom. The van der Waals surface area contributed by atoms with Crippen molar-refractivity contribution in [1.82, 2.24) is 0 Å². The quantitative estimate of drug-likeness (QED) is 0.680. The van der Waals surface area contributed by atoms with Gasteiger partial charge in [-0.2, -0.15) is 0 Å². The van der Waals surface area contributed by atoms with Crippen molar-refractivity contribution < 1.29 is 9.18 Å². The fraction of sp³-hybridized carbons (Fsp3) is 0. The monoisotopic (exact) mass is 200 g/mol. The number of hydrogen-bond acceptors (Lipinski definition) is 1. The third-order valence-corrected chi connectivity index (χ3v) is 2.20. The van der Waals surface area contributed by atoms with Crippen molar-refractivity contribution in [2.75, 3.05) is 0 Å². The first-order chi connectivity index (χ1) is 7.29. The maximum atomic E-state index is 12.7. The molecule has 0 aliphatic heterocycles. The SMILES string of the molecule is O=Cc1cccc(-c2ccc(F)cc2)c1. The molecule has 0 N–H and O–H groups in total. The molecule has 2 heteroatoms. The van der Waals surface area contributed by atoms with E-state index >= 15 is 0 Å². The molecule has 0 spiro atoms. The van der Waals surface area contributed by atoms with E-state index < -0.39 is 0 Å². The van der Waals surface area contributed by atoms with Crippen molar-refractivity contribution in [2.45, 2.75) is 0 Å². The van der Waals surface area contributed by atoms with Crippen LogP contribution in [0.2, 0.25) is 0 Å². The highest BCUT2D eigenvalue weighted by Gasteiger charge is 1.98. The molecule has 2 rings (SSSR count). The molecule has 0 saturated heterocycles.